The molecule has 1 aliphatic rings. The smallest absolute Gasteiger partial charge is 0.143 e. The largest absolute Gasteiger partial charge is 0.382 e. The molecule has 1 aromatic rings. The third-order valence-corrected chi connectivity index (χ3v) is 3.42. The van der Waals surface area contributed by atoms with Gasteiger partial charge in [-0.1, -0.05) is 18.5 Å². The van der Waals surface area contributed by atoms with Crippen LogP contribution in [-0.2, 0) is 4.74 Å². The van der Waals surface area contributed by atoms with E-state index >= 15 is 0 Å². The lowest BCUT2D eigenvalue weighted by Crippen LogP contribution is -2.33. The van der Waals surface area contributed by atoms with Gasteiger partial charge in [0.05, 0.1) is 11.1 Å². The summed E-state index contributed by atoms with van der Waals surface area (Å²) in [7, 11) is 0. The van der Waals surface area contributed by atoms with Crippen molar-refractivity contribution in [1.29, 1.82) is 0 Å². The van der Waals surface area contributed by atoms with Gasteiger partial charge in [0, 0.05) is 18.3 Å². The number of rotatable bonds is 3. The number of benzene rings is 1. The van der Waals surface area contributed by atoms with Crippen LogP contribution in [0, 0.1) is 5.82 Å². The van der Waals surface area contributed by atoms with E-state index in [1.807, 2.05) is 6.07 Å². The van der Waals surface area contributed by atoms with Crippen molar-refractivity contribution in [3.63, 3.8) is 0 Å². The normalized spacial score (nSPS) is 24.6. The molecule has 94 valence electrons. The van der Waals surface area contributed by atoms with E-state index in [-0.39, 0.29) is 10.8 Å². The molecular formula is C13H17ClFNO. The Morgan fingerprint density at radius 1 is 1.53 bits per heavy atom. The zero-order chi connectivity index (χ0) is 12.3. The predicted molar refractivity (Wildman–Crippen MR) is 68.1 cm³/mol. The van der Waals surface area contributed by atoms with Gasteiger partial charge in [0.2, 0.25) is 0 Å². The van der Waals surface area contributed by atoms with E-state index in [9.17, 15) is 4.39 Å². The highest BCUT2D eigenvalue weighted by Gasteiger charge is 2.21. The summed E-state index contributed by atoms with van der Waals surface area (Å²) in [5.74, 6) is -0.379. The van der Waals surface area contributed by atoms with Gasteiger partial charge >= 0.3 is 0 Å². The Hall–Kier alpha value is -0.800. The Balaban J connectivity index is 1.97. The summed E-state index contributed by atoms with van der Waals surface area (Å²) in [5, 5.41) is 3.50. The van der Waals surface area contributed by atoms with Crippen LogP contribution >= 0.6 is 11.6 Å². The summed E-state index contributed by atoms with van der Waals surface area (Å²) in [6.45, 7) is 2.89. The Labute approximate surface area is 106 Å². The molecule has 2 atom stereocenters. The molecule has 2 nitrogen and oxygen atoms in total. The molecule has 17 heavy (non-hydrogen) atoms. The van der Waals surface area contributed by atoms with Gasteiger partial charge in [-0.15, -0.1) is 0 Å². The fourth-order valence-corrected chi connectivity index (χ4v) is 2.23. The third-order valence-electron chi connectivity index (χ3n) is 3.11. The van der Waals surface area contributed by atoms with Crippen molar-refractivity contribution in [1.82, 2.24) is 0 Å². The molecule has 2 rings (SSSR count). The fourth-order valence-electron chi connectivity index (χ4n) is 2.12. The summed E-state index contributed by atoms with van der Waals surface area (Å²) in [4.78, 5) is 0. The Morgan fingerprint density at radius 2 is 2.35 bits per heavy atom. The van der Waals surface area contributed by atoms with Gasteiger partial charge in [-0.25, -0.2) is 4.39 Å². The lowest BCUT2D eigenvalue weighted by Gasteiger charge is -2.30. The van der Waals surface area contributed by atoms with Gasteiger partial charge in [0.1, 0.15) is 5.82 Å². The first-order valence-corrected chi connectivity index (χ1v) is 6.40. The molecule has 4 heteroatoms. The van der Waals surface area contributed by atoms with Crippen molar-refractivity contribution in [2.24, 2.45) is 0 Å². The van der Waals surface area contributed by atoms with E-state index in [4.69, 9.17) is 16.3 Å². The second-order valence-corrected chi connectivity index (χ2v) is 4.80. The first-order chi connectivity index (χ1) is 8.19. The monoisotopic (exact) mass is 257 g/mol. The number of ether oxygens (including phenoxy) is 1. The Morgan fingerprint density at radius 3 is 3.06 bits per heavy atom. The molecule has 1 heterocycles. The van der Waals surface area contributed by atoms with E-state index in [0.717, 1.165) is 31.6 Å². The number of halogens is 2. The molecule has 0 bridgehead atoms. The number of hydrogen-bond acceptors (Lipinski definition) is 2. The van der Waals surface area contributed by atoms with Crippen LogP contribution in [0.5, 0.6) is 0 Å². The number of anilines is 1. The van der Waals surface area contributed by atoms with E-state index in [1.165, 1.54) is 6.07 Å². The average Bonchev–Trinajstić information content (AvgIpc) is 2.34. The maximum atomic E-state index is 13.3. The second kappa shape index (κ2) is 5.69. The molecule has 1 aliphatic heterocycles. The minimum absolute atomic E-state index is 0.161. The molecule has 0 aliphatic carbocycles. The van der Waals surface area contributed by atoms with Gasteiger partial charge < -0.3 is 10.1 Å². The van der Waals surface area contributed by atoms with Crippen LogP contribution in [0.25, 0.3) is 0 Å². The summed E-state index contributed by atoms with van der Waals surface area (Å²) in [5.41, 5.74) is 0.786. The van der Waals surface area contributed by atoms with E-state index in [0.29, 0.717) is 12.1 Å². The second-order valence-electron chi connectivity index (χ2n) is 4.40. The lowest BCUT2D eigenvalue weighted by atomic mass is 10.0. The van der Waals surface area contributed by atoms with E-state index in [2.05, 4.69) is 12.2 Å². The van der Waals surface area contributed by atoms with Gasteiger partial charge in [-0.05, 0) is 37.5 Å². The third kappa shape index (κ3) is 3.33. The Bertz CT molecular complexity index is 386. The molecular weight excluding hydrogens is 241 g/mol. The number of hydrogen-bond donors (Lipinski definition) is 1. The van der Waals surface area contributed by atoms with Crippen LogP contribution in [0.15, 0.2) is 18.2 Å². The van der Waals surface area contributed by atoms with Crippen molar-refractivity contribution in [2.75, 3.05) is 11.9 Å². The van der Waals surface area contributed by atoms with Crippen molar-refractivity contribution >= 4 is 17.3 Å². The average molecular weight is 258 g/mol. The predicted octanol–water partition coefficient (Wildman–Crippen LogP) is 3.85. The van der Waals surface area contributed by atoms with Gasteiger partial charge in [-0.2, -0.15) is 0 Å². The summed E-state index contributed by atoms with van der Waals surface area (Å²) in [6, 6.07) is 5.19. The minimum Gasteiger partial charge on any atom is -0.382 e. The standard InChI is InChI=1S/C13H17ClFNO/c1-2-11-7-10(5-6-17-11)16-9-3-4-12(14)13(15)8-9/h3-4,8,10-11,16H,2,5-7H2,1H3. The van der Waals surface area contributed by atoms with Crippen LogP contribution in [0.1, 0.15) is 26.2 Å². The summed E-state index contributed by atoms with van der Waals surface area (Å²) >= 11 is 5.65. The Kier molecular flexibility index (Phi) is 4.24. The highest BCUT2D eigenvalue weighted by molar-refractivity contribution is 6.30. The van der Waals surface area contributed by atoms with Crippen molar-refractivity contribution in [3.05, 3.63) is 29.0 Å². The molecule has 0 saturated carbocycles. The van der Waals surface area contributed by atoms with Gasteiger partial charge in [-0.3, -0.25) is 0 Å². The highest BCUT2D eigenvalue weighted by atomic mass is 35.5. The zero-order valence-corrected chi connectivity index (χ0v) is 10.6. The molecule has 1 aromatic carbocycles. The van der Waals surface area contributed by atoms with E-state index in [1.54, 1.807) is 6.07 Å². The molecule has 0 spiro atoms. The molecule has 0 aromatic heterocycles. The van der Waals surface area contributed by atoms with E-state index < -0.39 is 0 Å². The van der Waals surface area contributed by atoms with Crippen LogP contribution in [0.3, 0.4) is 0 Å². The van der Waals surface area contributed by atoms with Gasteiger partial charge in [0.25, 0.3) is 0 Å². The molecule has 2 unspecified atom stereocenters. The molecule has 1 saturated heterocycles. The fraction of sp³-hybridized carbons (Fsp3) is 0.538. The maximum Gasteiger partial charge on any atom is 0.143 e. The van der Waals surface area contributed by atoms with Crippen LogP contribution in [0.2, 0.25) is 5.02 Å². The van der Waals surface area contributed by atoms with Gasteiger partial charge in [0.15, 0.2) is 0 Å². The van der Waals surface area contributed by atoms with Crippen LogP contribution in [0.4, 0.5) is 10.1 Å². The summed E-state index contributed by atoms with van der Waals surface area (Å²) < 4.78 is 18.9. The topological polar surface area (TPSA) is 21.3 Å². The molecule has 1 N–H and O–H groups in total. The first-order valence-electron chi connectivity index (χ1n) is 6.02. The maximum absolute atomic E-state index is 13.3. The van der Waals surface area contributed by atoms with Crippen LogP contribution in [-0.4, -0.2) is 18.8 Å². The lowest BCUT2D eigenvalue weighted by molar-refractivity contribution is 0.00925. The number of nitrogens with one attached hydrogen (secondary N) is 1. The minimum atomic E-state index is -0.379. The molecule has 1 fully saturated rings. The highest BCUT2D eigenvalue weighted by Crippen LogP contribution is 2.23. The summed E-state index contributed by atoms with van der Waals surface area (Å²) in [6.07, 6.45) is 3.27. The quantitative estimate of drug-likeness (QED) is 0.888. The SMILES string of the molecule is CCC1CC(Nc2ccc(Cl)c(F)c2)CCO1. The zero-order valence-electron chi connectivity index (χ0n) is 9.88. The van der Waals surface area contributed by atoms with Crippen LogP contribution < -0.4 is 5.32 Å². The van der Waals surface area contributed by atoms with Crippen molar-refractivity contribution in [3.8, 4) is 0 Å². The molecule has 0 amide bonds. The van der Waals surface area contributed by atoms with Crippen molar-refractivity contribution in [2.45, 2.75) is 38.3 Å². The van der Waals surface area contributed by atoms with Crippen molar-refractivity contribution < 1.29 is 9.13 Å². The molecule has 0 radical (unpaired) electrons. The first kappa shape index (κ1) is 12.7.